The van der Waals surface area contributed by atoms with Gasteiger partial charge in [0.05, 0.1) is 11.4 Å². The molecule has 3 rings (SSSR count). The molecule has 0 unspecified atom stereocenters. The summed E-state index contributed by atoms with van der Waals surface area (Å²) in [6.07, 6.45) is 5.71. The Kier molecular flexibility index (Phi) is 5.93. The molecule has 1 aromatic carbocycles. The highest BCUT2D eigenvalue weighted by Crippen LogP contribution is 2.31. The van der Waals surface area contributed by atoms with Gasteiger partial charge in [0.1, 0.15) is 0 Å². The summed E-state index contributed by atoms with van der Waals surface area (Å²) in [4.78, 5) is 26.4. The van der Waals surface area contributed by atoms with Crippen molar-refractivity contribution in [2.45, 2.75) is 32.6 Å². The molecule has 1 fully saturated rings. The number of nitrogens with one attached hydrogen (secondary N) is 2. The van der Waals surface area contributed by atoms with Gasteiger partial charge in [0.15, 0.2) is 0 Å². The Hall–Kier alpha value is -2.34. The summed E-state index contributed by atoms with van der Waals surface area (Å²) in [7, 11) is 0. The molecule has 1 atom stereocenters. The second-order valence-corrected chi connectivity index (χ2v) is 7.33. The fourth-order valence-corrected chi connectivity index (χ4v) is 3.70. The summed E-state index contributed by atoms with van der Waals surface area (Å²) in [5, 5.41) is 6.26. The van der Waals surface area contributed by atoms with Gasteiger partial charge in [0, 0.05) is 31.6 Å². The molecule has 4 N–H and O–H groups in total. The largest absolute Gasteiger partial charge is 0.370 e. The van der Waals surface area contributed by atoms with E-state index >= 15 is 0 Å². The Morgan fingerprint density at radius 1 is 1.38 bits per heavy atom. The molecule has 2 heterocycles. The molecule has 26 heavy (non-hydrogen) atoms. The van der Waals surface area contributed by atoms with Gasteiger partial charge < -0.3 is 21.3 Å². The zero-order chi connectivity index (χ0) is 18.5. The molecule has 2 aliphatic rings. The van der Waals surface area contributed by atoms with E-state index in [0.29, 0.717) is 23.6 Å². The highest BCUT2D eigenvalue weighted by Gasteiger charge is 2.21. The first-order valence-corrected chi connectivity index (χ1v) is 9.40. The quantitative estimate of drug-likeness (QED) is 0.706. The average molecular weight is 356 g/mol. The number of anilines is 2. The van der Waals surface area contributed by atoms with Crippen molar-refractivity contribution < 1.29 is 9.59 Å². The third-order valence-corrected chi connectivity index (χ3v) is 5.10. The lowest BCUT2D eigenvalue weighted by atomic mass is 9.99. The minimum atomic E-state index is -0.486. The van der Waals surface area contributed by atoms with Crippen molar-refractivity contribution in [2.75, 3.05) is 36.4 Å². The predicted octanol–water partition coefficient (Wildman–Crippen LogP) is 2.27. The summed E-state index contributed by atoms with van der Waals surface area (Å²) in [6.45, 7) is 5.88. The predicted molar refractivity (Wildman–Crippen MR) is 104 cm³/mol. The lowest BCUT2D eigenvalue weighted by molar-refractivity contribution is -0.115. The molecule has 6 heteroatoms. The summed E-state index contributed by atoms with van der Waals surface area (Å²) in [5.41, 5.74) is 8.64. The van der Waals surface area contributed by atoms with Crippen LogP contribution >= 0.6 is 0 Å². The molecular formula is C20H28N4O2. The maximum Gasteiger partial charge on any atom is 0.248 e. The van der Waals surface area contributed by atoms with E-state index in [2.05, 4.69) is 28.5 Å². The molecular weight excluding hydrogens is 328 g/mol. The number of piperidine rings is 1. The molecule has 1 saturated heterocycles. The molecule has 0 bridgehead atoms. The van der Waals surface area contributed by atoms with Crippen molar-refractivity contribution in [2.24, 2.45) is 11.7 Å². The first-order valence-electron chi connectivity index (χ1n) is 9.40. The standard InChI is InChI=1S/C20H28N4O2/c1-14-3-2-10-24(13-14)18-5-4-16(20(21)26)12-17(18)23-19(25)11-15-6-8-22-9-7-15/h4-6,12,14,22H,2-3,7-11,13H2,1H3,(H2,21,26)(H,23,25)/t14-/m0/s1. The average Bonchev–Trinajstić information content (AvgIpc) is 2.62. The van der Waals surface area contributed by atoms with Crippen LogP contribution in [0.2, 0.25) is 0 Å². The second kappa shape index (κ2) is 8.36. The number of hydrogen-bond donors (Lipinski definition) is 3. The molecule has 2 amide bonds. The van der Waals surface area contributed by atoms with Gasteiger partial charge in [-0.1, -0.05) is 18.6 Å². The van der Waals surface area contributed by atoms with Gasteiger partial charge in [-0.25, -0.2) is 0 Å². The summed E-state index contributed by atoms with van der Waals surface area (Å²) < 4.78 is 0. The minimum Gasteiger partial charge on any atom is -0.370 e. The van der Waals surface area contributed by atoms with Crippen LogP contribution in [0.4, 0.5) is 11.4 Å². The molecule has 0 aromatic heterocycles. The van der Waals surface area contributed by atoms with Gasteiger partial charge in [-0.05, 0) is 49.9 Å². The summed E-state index contributed by atoms with van der Waals surface area (Å²) in [5.74, 6) is 0.0780. The molecule has 6 nitrogen and oxygen atoms in total. The van der Waals surface area contributed by atoms with Gasteiger partial charge >= 0.3 is 0 Å². The molecule has 2 aliphatic heterocycles. The van der Waals surface area contributed by atoms with Gasteiger partial charge in [0.2, 0.25) is 11.8 Å². The number of carbonyl (C=O) groups excluding carboxylic acids is 2. The molecule has 0 spiro atoms. The lowest BCUT2D eigenvalue weighted by Crippen LogP contribution is -2.35. The maximum atomic E-state index is 12.6. The molecule has 1 aromatic rings. The van der Waals surface area contributed by atoms with Gasteiger partial charge in [-0.15, -0.1) is 0 Å². The van der Waals surface area contributed by atoms with E-state index in [1.807, 2.05) is 6.07 Å². The van der Waals surface area contributed by atoms with Crippen molar-refractivity contribution in [3.8, 4) is 0 Å². The van der Waals surface area contributed by atoms with Crippen LogP contribution in [0, 0.1) is 5.92 Å². The zero-order valence-electron chi connectivity index (χ0n) is 15.4. The molecule has 140 valence electrons. The third-order valence-electron chi connectivity index (χ3n) is 5.10. The van der Waals surface area contributed by atoms with Gasteiger partial charge in [0.25, 0.3) is 0 Å². The van der Waals surface area contributed by atoms with Crippen LogP contribution in [-0.4, -0.2) is 38.0 Å². The zero-order valence-corrected chi connectivity index (χ0v) is 15.4. The van der Waals surface area contributed by atoms with Crippen LogP contribution in [0.1, 0.15) is 43.0 Å². The monoisotopic (exact) mass is 356 g/mol. The fraction of sp³-hybridized carbons (Fsp3) is 0.500. The van der Waals surface area contributed by atoms with Crippen LogP contribution in [-0.2, 0) is 4.79 Å². The van der Waals surface area contributed by atoms with E-state index < -0.39 is 5.91 Å². The van der Waals surface area contributed by atoms with Crippen LogP contribution in [0.25, 0.3) is 0 Å². The Labute approximate surface area is 154 Å². The summed E-state index contributed by atoms with van der Waals surface area (Å²) in [6, 6.07) is 5.34. The third kappa shape index (κ3) is 4.64. The van der Waals surface area contributed by atoms with Crippen LogP contribution in [0.5, 0.6) is 0 Å². The Morgan fingerprint density at radius 3 is 2.92 bits per heavy atom. The van der Waals surface area contributed by atoms with E-state index in [0.717, 1.165) is 50.3 Å². The highest BCUT2D eigenvalue weighted by molar-refractivity contribution is 5.99. The van der Waals surface area contributed by atoms with E-state index in [1.165, 1.54) is 6.42 Å². The van der Waals surface area contributed by atoms with Crippen LogP contribution in [0.3, 0.4) is 0 Å². The second-order valence-electron chi connectivity index (χ2n) is 7.33. The maximum absolute atomic E-state index is 12.6. The number of amides is 2. The van der Waals surface area contributed by atoms with Crippen molar-refractivity contribution in [1.82, 2.24) is 5.32 Å². The number of primary amides is 1. The SMILES string of the molecule is C[C@H]1CCCN(c2ccc(C(N)=O)cc2NC(=O)CC2=CCNCC2)C1. The molecule has 0 saturated carbocycles. The van der Waals surface area contributed by atoms with Crippen molar-refractivity contribution in [3.05, 3.63) is 35.4 Å². The lowest BCUT2D eigenvalue weighted by Gasteiger charge is -2.34. The Bertz CT molecular complexity index is 714. The summed E-state index contributed by atoms with van der Waals surface area (Å²) >= 11 is 0. The number of hydrogen-bond acceptors (Lipinski definition) is 4. The van der Waals surface area contributed by atoms with E-state index in [1.54, 1.807) is 12.1 Å². The van der Waals surface area contributed by atoms with E-state index in [9.17, 15) is 9.59 Å². The molecule has 0 aliphatic carbocycles. The first kappa shape index (κ1) is 18.5. The number of nitrogens with zero attached hydrogens (tertiary/aromatic N) is 1. The Morgan fingerprint density at radius 2 is 2.23 bits per heavy atom. The topological polar surface area (TPSA) is 87.5 Å². The number of nitrogens with two attached hydrogens (primary N) is 1. The number of benzene rings is 1. The van der Waals surface area contributed by atoms with Crippen molar-refractivity contribution in [1.29, 1.82) is 0 Å². The smallest absolute Gasteiger partial charge is 0.248 e. The van der Waals surface area contributed by atoms with Crippen LogP contribution in [0.15, 0.2) is 29.8 Å². The van der Waals surface area contributed by atoms with Crippen LogP contribution < -0.4 is 21.3 Å². The van der Waals surface area contributed by atoms with Gasteiger partial charge in [-0.2, -0.15) is 0 Å². The molecule has 0 radical (unpaired) electrons. The number of rotatable bonds is 5. The first-order chi connectivity index (χ1) is 12.5. The minimum absolute atomic E-state index is 0.0499. The normalized spacial score (nSPS) is 20.4. The number of carbonyl (C=O) groups is 2. The fourth-order valence-electron chi connectivity index (χ4n) is 3.70. The van der Waals surface area contributed by atoms with E-state index in [4.69, 9.17) is 5.73 Å². The van der Waals surface area contributed by atoms with E-state index in [-0.39, 0.29) is 5.91 Å². The van der Waals surface area contributed by atoms with Gasteiger partial charge in [-0.3, -0.25) is 9.59 Å². The van der Waals surface area contributed by atoms with Crippen molar-refractivity contribution >= 4 is 23.2 Å². The highest BCUT2D eigenvalue weighted by atomic mass is 16.2. The van der Waals surface area contributed by atoms with Crippen molar-refractivity contribution in [3.63, 3.8) is 0 Å². The Balaban J connectivity index is 1.80.